The van der Waals surface area contributed by atoms with E-state index in [0.717, 1.165) is 18.7 Å². The molecule has 2 N–H and O–H groups in total. The third-order valence-electron chi connectivity index (χ3n) is 3.75. The molecule has 1 fully saturated rings. The third kappa shape index (κ3) is 2.90. The Kier molecular flexibility index (Phi) is 4.35. The Hall–Kier alpha value is -0.940. The van der Waals surface area contributed by atoms with Crippen molar-refractivity contribution in [1.82, 2.24) is 10.1 Å². The molecule has 5 heteroatoms. The van der Waals surface area contributed by atoms with Crippen LogP contribution in [0.1, 0.15) is 63.7 Å². The van der Waals surface area contributed by atoms with Crippen LogP contribution in [0, 0.1) is 0 Å². The highest BCUT2D eigenvalue weighted by Gasteiger charge is 2.34. The summed E-state index contributed by atoms with van der Waals surface area (Å²) in [6.45, 7) is 5.23. The molecule has 1 unspecified atom stereocenters. The molecule has 18 heavy (non-hydrogen) atoms. The van der Waals surface area contributed by atoms with E-state index in [1.54, 1.807) is 0 Å². The van der Waals surface area contributed by atoms with Gasteiger partial charge in [0.25, 0.3) is 0 Å². The first-order valence-corrected chi connectivity index (χ1v) is 6.83. The smallest absolute Gasteiger partial charge is 0.232 e. The normalized spacial score (nSPS) is 20.8. The summed E-state index contributed by atoms with van der Waals surface area (Å²) in [5, 5.41) is 4.00. The average molecular weight is 253 g/mol. The maximum absolute atomic E-state index is 5.96. The van der Waals surface area contributed by atoms with Gasteiger partial charge in [-0.1, -0.05) is 31.3 Å². The van der Waals surface area contributed by atoms with E-state index in [1.165, 1.54) is 19.3 Å². The molecule has 0 amide bonds. The first-order valence-electron chi connectivity index (χ1n) is 6.83. The lowest BCUT2D eigenvalue weighted by molar-refractivity contribution is 0.130. The fraction of sp³-hybridized carbons (Fsp3) is 0.846. The second kappa shape index (κ2) is 5.80. The highest BCUT2D eigenvalue weighted by atomic mass is 16.5. The first kappa shape index (κ1) is 13.5. The lowest BCUT2D eigenvalue weighted by atomic mass is 9.75. The molecule has 0 bridgehead atoms. The van der Waals surface area contributed by atoms with Crippen molar-refractivity contribution in [2.45, 2.75) is 57.4 Å². The van der Waals surface area contributed by atoms with Gasteiger partial charge in [-0.25, -0.2) is 0 Å². The van der Waals surface area contributed by atoms with Crippen LogP contribution in [0.3, 0.4) is 0 Å². The molecule has 0 aromatic carbocycles. The number of hydrogen-bond donors (Lipinski definition) is 1. The lowest BCUT2D eigenvalue weighted by Crippen LogP contribution is -2.26. The maximum Gasteiger partial charge on any atom is 0.232 e. The van der Waals surface area contributed by atoms with Crippen LogP contribution in [-0.2, 0) is 10.2 Å². The topological polar surface area (TPSA) is 74.2 Å². The van der Waals surface area contributed by atoms with Gasteiger partial charge in [0.15, 0.2) is 5.82 Å². The van der Waals surface area contributed by atoms with Crippen LogP contribution >= 0.6 is 0 Å². The zero-order chi connectivity index (χ0) is 13.0. The summed E-state index contributed by atoms with van der Waals surface area (Å²) in [4.78, 5) is 4.48. The van der Waals surface area contributed by atoms with Gasteiger partial charge in [-0.3, -0.25) is 0 Å². The Labute approximate surface area is 108 Å². The van der Waals surface area contributed by atoms with Crippen molar-refractivity contribution in [3.63, 3.8) is 0 Å². The van der Waals surface area contributed by atoms with Gasteiger partial charge in [-0.2, -0.15) is 4.98 Å². The molecule has 5 nitrogen and oxygen atoms in total. The number of rotatable bonds is 5. The summed E-state index contributed by atoms with van der Waals surface area (Å²) in [5.41, 5.74) is 5.99. The van der Waals surface area contributed by atoms with Gasteiger partial charge in [-0.05, 0) is 19.8 Å². The molecule has 1 aromatic rings. The second-order valence-corrected chi connectivity index (χ2v) is 5.35. The summed E-state index contributed by atoms with van der Waals surface area (Å²) in [7, 11) is 0. The second-order valence-electron chi connectivity index (χ2n) is 5.35. The standard InChI is InChI=1S/C13H23N3O2/c1-3-17-9-10(14)11-15-12(18-16-11)13(2)7-5-4-6-8-13/h10H,3-9,14H2,1-2H3. The van der Waals surface area contributed by atoms with Crippen LogP contribution in [0.15, 0.2) is 4.52 Å². The van der Waals surface area contributed by atoms with Crippen molar-refractivity contribution in [3.05, 3.63) is 11.7 Å². The molecule has 0 spiro atoms. The molecule has 1 atom stereocenters. The summed E-state index contributed by atoms with van der Waals surface area (Å²) in [5.74, 6) is 1.30. The van der Waals surface area contributed by atoms with Crippen LogP contribution in [0.5, 0.6) is 0 Å². The minimum absolute atomic E-state index is 0.0365. The zero-order valence-electron chi connectivity index (χ0n) is 11.3. The van der Waals surface area contributed by atoms with Gasteiger partial charge in [0.2, 0.25) is 5.89 Å². The van der Waals surface area contributed by atoms with Crippen LogP contribution < -0.4 is 5.73 Å². The van der Waals surface area contributed by atoms with Crippen molar-refractivity contribution in [3.8, 4) is 0 Å². The summed E-state index contributed by atoms with van der Waals surface area (Å²) >= 11 is 0. The number of aromatic nitrogens is 2. The minimum Gasteiger partial charge on any atom is -0.380 e. The summed E-state index contributed by atoms with van der Waals surface area (Å²) < 4.78 is 10.7. The molecule has 2 rings (SSSR count). The quantitative estimate of drug-likeness (QED) is 0.871. The Balaban J connectivity index is 2.04. The van der Waals surface area contributed by atoms with E-state index in [4.69, 9.17) is 15.0 Å². The molecule has 1 saturated carbocycles. The van der Waals surface area contributed by atoms with E-state index >= 15 is 0 Å². The molecule has 0 saturated heterocycles. The molecule has 1 aromatic heterocycles. The van der Waals surface area contributed by atoms with Gasteiger partial charge in [0.05, 0.1) is 12.6 Å². The molecule has 1 aliphatic rings. The fourth-order valence-corrected chi connectivity index (χ4v) is 2.50. The van der Waals surface area contributed by atoms with Crippen LogP contribution in [0.2, 0.25) is 0 Å². The molecule has 1 aliphatic carbocycles. The van der Waals surface area contributed by atoms with Crippen molar-refractivity contribution in [2.24, 2.45) is 5.73 Å². The van der Waals surface area contributed by atoms with Gasteiger partial charge < -0.3 is 15.0 Å². The maximum atomic E-state index is 5.96. The Morgan fingerprint density at radius 2 is 2.11 bits per heavy atom. The van der Waals surface area contributed by atoms with Crippen molar-refractivity contribution in [2.75, 3.05) is 13.2 Å². The van der Waals surface area contributed by atoms with Crippen LogP contribution in [0.25, 0.3) is 0 Å². The van der Waals surface area contributed by atoms with Crippen molar-refractivity contribution in [1.29, 1.82) is 0 Å². The number of nitrogens with two attached hydrogens (primary N) is 1. The van der Waals surface area contributed by atoms with E-state index in [-0.39, 0.29) is 11.5 Å². The Morgan fingerprint density at radius 1 is 1.39 bits per heavy atom. The van der Waals surface area contributed by atoms with E-state index in [9.17, 15) is 0 Å². The predicted molar refractivity (Wildman–Crippen MR) is 68.2 cm³/mol. The molecule has 102 valence electrons. The third-order valence-corrected chi connectivity index (χ3v) is 3.75. The fourth-order valence-electron chi connectivity index (χ4n) is 2.50. The van der Waals surface area contributed by atoms with Gasteiger partial charge >= 0.3 is 0 Å². The van der Waals surface area contributed by atoms with E-state index in [0.29, 0.717) is 19.0 Å². The molecule has 1 heterocycles. The highest BCUT2D eigenvalue weighted by molar-refractivity contribution is 5.06. The van der Waals surface area contributed by atoms with Crippen molar-refractivity contribution < 1.29 is 9.26 Å². The largest absolute Gasteiger partial charge is 0.380 e. The summed E-state index contributed by atoms with van der Waals surface area (Å²) in [6, 6.07) is -0.297. The Morgan fingerprint density at radius 3 is 2.78 bits per heavy atom. The molecular weight excluding hydrogens is 230 g/mol. The van der Waals surface area contributed by atoms with E-state index < -0.39 is 0 Å². The SMILES string of the molecule is CCOCC(N)c1noc(C2(C)CCCCC2)n1. The number of ether oxygens (including phenoxy) is 1. The van der Waals surface area contributed by atoms with Gasteiger partial charge in [0, 0.05) is 12.0 Å². The van der Waals surface area contributed by atoms with E-state index in [2.05, 4.69) is 17.1 Å². The summed E-state index contributed by atoms with van der Waals surface area (Å²) in [6.07, 6.45) is 6.02. The van der Waals surface area contributed by atoms with Crippen molar-refractivity contribution >= 4 is 0 Å². The van der Waals surface area contributed by atoms with Crippen LogP contribution in [0.4, 0.5) is 0 Å². The number of hydrogen-bond acceptors (Lipinski definition) is 5. The Bertz CT molecular complexity index is 372. The lowest BCUT2D eigenvalue weighted by Gasteiger charge is -2.29. The highest BCUT2D eigenvalue weighted by Crippen LogP contribution is 2.38. The molecular formula is C13H23N3O2. The van der Waals surface area contributed by atoms with E-state index in [1.807, 2.05) is 6.92 Å². The minimum atomic E-state index is -0.297. The monoisotopic (exact) mass is 253 g/mol. The van der Waals surface area contributed by atoms with Crippen LogP contribution in [-0.4, -0.2) is 23.4 Å². The van der Waals surface area contributed by atoms with Gasteiger partial charge in [0.1, 0.15) is 0 Å². The first-order chi connectivity index (χ1) is 8.65. The predicted octanol–water partition coefficient (Wildman–Crippen LogP) is 2.33. The average Bonchev–Trinajstić information content (AvgIpc) is 2.87. The van der Waals surface area contributed by atoms with Gasteiger partial charge in [-0.15, -0.1) is 0 Å². The molecule has 0 radical (unpaired) electrons. The number of nitrogens with zero attached hydrogens (tertiary/aromatic N) is 2. The molecule has 0 aliphatic heterocycles. The zero-order valence-corrected chi connectivity index (χ0v) is 11.3.